The summed E-state index contributed by atoms with van der Waals surface area (Å²) in [5.41, 5.74) is 1.23. The molecule has 160 valence electrons. The van der Waals surface area contributed by atoms with Gasteiger partial charge in [0.1, 0.15) is 5.82 Å². The van der Waals surface area contributed by atoms with Crippen LogP contribution >= 0.6 is 0 Å². The molecule has 1 saturated heterocycles. The van der Waals surface area contributed by atoms with Gasteiger partial charge in [-0.25, -0.2) is 26.3 Å². The van der Waals surface area contributed by atoms with Crippen LogP contribution in [0.2, 0.25) is 0 Å². The summed E-state index contributed by atoms with van der Waals surface area (Å²) in [5.74, 6) is -2.50. The van der Waals surface area contributed by atoms with E-state index >= 15 is 0 Å². The van der Waals surface area contributed by atoms with Gasteiger partial charge in [0.15, 0.2) is 17.2 Å². The third-order valence-electron chi connectivity index (χ3n) is 5.19. The summed E-state index contributed by atoms with van der Waals surface area (Å²) in [6.07, 6.45) is 1.54. The zero-order valence-electron chi connectivity index (χ0n) is 15.9. The highest BCUT2D eigenvalue weighted by molar-refractivity contribution is 7.89. The monoisotopic (exact) mass is 439 g/mol. The molecular weight excluding hydrogens is 419 g/mol. The highest BCUT2D eigenvalue weighted by atomic mass is 32.2. The molecular formula is C20H20F3N3O3S. The standard InChI is InChI=1S/C20H20F3N3O3S/c21-14-3-5-16-19(25-29-20(16)8-14)2-1-7-26-11-13(12-26)10-24-30(27,28)15-4-6-17(22)18(23)9-15/h3-6,8-9,13,24H,1-2,7,10-12H2. The highest BCUT2D eigenvalue weighted by Gasteiger charge is 2.28. The number of hydrogen-bond donors (Lipinski definition) is 1. The largest absolute Gasteiger partial charge is 0.356 e. The first-order chi connectivity index (χ1) is 14.3. The van der Waals surface area contributed by atoms with Gasteiger partial charge in [-0.05, 0) is 55.6 Å². The number of aryl methyl sites for hydroxylation is 1. The number of benzene rings is 2. The van der Waals surface area contributed by atoms with Crippen LogP contribution in [0.3, 0.4) is 0 Å². The van der Waals surface area contributed by atoms with E-state index in [9.17, 15) is 21.6 Å². The molecule has 3 aromatic rings. The summed E-state index contributed by atoms with van der Waals surface area (Å²) < 4.78 is 71.4. The number of hydrogen-bond acceptors (Lipinski definition) is 5. The van der Waals surface area contributed by atoms with Crippen LogP contribution in [-0.4, -0.2) is 44.7 Å². The zero-order valence-corrected chi connectivity index (χ0v) is 16.8. The predicted octanol–water partition coefficient (Wildman–Crippen LogP) is 3.09. The number of fused-ring (bicyclic) bond motifs is 1. The van der Waals surface area contributed by atoms with E-state index in [1.54, 1.807) is 6.07 Å². The molecule has 1 aliphatic heterocycles. The molecule has 1 aromatic heterocycles. The topological polar surface area (TPSA) is 75.4 Å². The van der Waals surface area contributed by atoms with Crippen molar-refractivity contribution in [2.45, 2.75) is 17.7 Å². The maximum atomic E-state index is 13.3. The average molecular weight is 439 g/mol. The Morgan fingerprint density at radius 3 is 2.67 bits per heavy atom. The highest BCUT2D eigenvalue weighted by Crippen LogP contribution is 2.22. The maximum absolute atomic E-state index is 13.3. The lowest BCUT2D eigenvalue weighted by Gasteiger charge is -2.39. The van der Waals surface area contributed by atoms with Gasteiger partial charge in [0, 0.05) is 31.1 Å². The molecule has 1 fully saturated rings. The van der Waals surface area contributed by atoms with Gasteiger partial charge in [0.2, 0.25) is 10.0 Å². The summed E-state index contributed by atoms with van der Waals surface area (Å²) in [5, 5.41) is 4.81. The van der Waals surface area contributed by atoms with E-state index in [1.807, 2.05) is 0 Å². The van der Waals surface area contributed by atoms with Crippen molar-refractivity contribution in [1.82, 2.24) is 14.8 Å². The van der Waals surface area contributed by atoms with Crippen molar-refractivity contribution in [3.63, 3.8) is 0 Å². The zero-order chi connectivity index (χ0) is 21.3. The molecule has 30 heavy (non-hydrogen) atoms. The van der Waals surface area contributed by atoms with E-state index in [4.69, 9.17) is 4.52 Å². The first-order valence-electron chi connectivity index (χ1n) is 9.53. The Labute approximate surface area is 171 Å². The number of likely N-dealkylation sites (tertiary alicyclic amines) is 1. The minimum absolute atomic E-state index is 0.154. The number of nitrogens with zero attached hydrogens (tertiary/aromatic N) is 2. The van der Waals surface area contributed by atoms with Crippen molar-refractivity contribution < 1.29 is 26.1 Å². The van der Waals surface area contributed by atoms with E-state index < -0.39 is 21.7 Å². The smallest absolute Gasteiger partial charge is 0.240 e. The number of rotatable bonds is 8. The Balaban J connectivity index is 1.20. The third-order valence-corrected chi connectivity index (χ3v) is 6.61. The fourth-order valence-electron chi connectivity index (χ4n) is 3.56. The van der Waals surface area contributed by atoms with E-state index in [0.717, 1.165) is 49.3 Å². The number of sulfonamides is 1. The fourth-order valence-corrected chi connectivity index (χ4v) is 4.68. The molecule has 6 nitrogen and oxygen atoms in total. The molecule has 2 heterocycles. The van der Waals surface area contributed by atoms with Crippen LogP contribution in [0.15, 0.2) is 45.8 Å². The second kappa shape index (κ2) is 8.37. The maximum Gasteiger partial charge on any atom is 0.240 e. The Morgan fingerprint density at radius 1 is 1.10 bits per heavy atom. The molecule has 0 amide bonds. The number of nitrogens with one attached hydrogen (secondary N) is 1. The Hall–Kier alpha value is -2.43. The summed E-state index contributed by atoms with van der Waals surface area (Å²) in [4.78, 5) is 1.90. The van der Waals surface area contributed by atoms with Crippen molar-refractivity contribution in [2.75, 3.05) is 26.2 Å². The van der Waals surface area contributed by atoms with Crippen LogP contribution < -0.4 is 4.72 Å². The lowest BCUT2D eigenvalue weighted by molar-refractivity contribution is 0.102. The number of aromatic nitrogens is 1. The van der Waals surface area contributed by atoms with Crippen molar-refractivity contribution in [2.24, 2.45) is 5.92 Å². The lowest BCUT2D eigenvalue weighted by Crippen LogP contribution is -2.51. The average Bonchev–Trinajstić information content (AvgIpc) is 3.06. The van der Waals surface area contributed by atoms with Gasteiger partial charge in [-0.3, -0.25) is 0 Å². The summed E-state index contributed by atoms with van der Waals surface area (Å²) in [7, 11) is -3.88. The summed E-state index contributed by atoms with van der Waals surface area (Å²) >= 11 is 0. The molecule has 0 unspecified atom stereocenters. The fraction of sp³-hybridized carbons (Fsp3) is 0.350. The third kappa shape index (κ3) is 4.50. The van der Waals surface area contributed by atoms with Crippen molar-refractivity contribution in [1.29, 1.82) is 0 Å². The SMILES string of the molecule is O=S(=O)(NCC1CN(CCCc2noc3cc(F)ccc23)C1)c1ccc(F)c(F)c1. The predicted molar refractivity (Wildman–Crippen MR) is 104 cm³/mol. The lowest BCUT2D eigenvalue weighted by atomic mass is 10.00. The Morgan fingerprint density at radius 2 is 1.90 bits per heavy atom. The number of halogens is 3. The summed E-state index contributed by atoms with van der Waals surface area (Å²) in [6.45, 7) is 2.54. The van der Waals surface area contributed by atoms with Crippen LogP contribution in [0.1, 0.15) is 12.1 Å². The quantitative estimate of drug-likeness (QED) is 0.584. The Bertz CT molecular complexity index is 1160. The van der Waals surface area contributed by atoms with Gasteiger partial charge in [-0.15, -0.1) is 0 Å². The van der Waals surface area contributed by atoms with Crippen molar-refractivity contribution in [3.05, 3.63) is 59.5 Å². The molecule has 4 rings (SSSR count). The van der Waals surface area contributed by atoms with E-state index in [-0.39, 0.29) is 23.2 Å². The molecule has 0 atom stereocenters. The van der Waals surface area contributed by atoms with Gasteiger partial charge in [-0.2, -0.15) is 0 Å². The van der Waals surface area contributed by atoms with Crippen LogP contribution in [0.5, 0.6) is 0 Å². The molecule has 2 aromatic carbocycles. The molecule has 10 heteroatoms. The van der Waals surface area contributed by atoms with Crippen LogP contribution in [-0.2, 0) is 16.4 Å². The molecule has 0 aliphatic carbocycles. The summed E-state index contributed by atoms with van der Waals surface area (Å²) in [6, 6.07) is 6.86. The van der Waals surface area contributed by atoms with Gasteiger partial charge in [0.05, 0.1) is 10.6 Å². The van der Waals surface area contributed by atoms with Crippen LogP contribution in [0, 0.1) is 23.4 Å². The second-order valence-electron chi connectivity index (χ2n) is 7.43. The normalized spacial score (nSPS) is 15.6. The molecule has 1 N–H and O–H groups in total. The molecule has 0 radical (unpaired) electrons. The van der Waals surface area contributed by atoms with Crippen LogP contribution in [0.4, 0.5) is 13.2 Å². The first-order valence-corrected chi connectivity index (χ1v) is 11.0. The second-order valence-corrected chi connectivity index (χ2v) is 9.19. The molecule has 1 aliphatic rings. The minimum atomic E-state index is -3.88. The Kier molecular flexibility index (Phi) is 5.81. The van der Waals surface area contributed by atoms with E-state index in [0.29, 0.717) is 18.1 Å². The van der Waals surface area contributed by atoms with Gasteiger partial charge < -0.3 is 9.42 Å². The minimum Gasteiger partial charge on any atom is -0.356 e. The van der Waals surface area contributed by atoms with Crippen molar-refractivity contribution >= 4 is 21.0 Å². The van der Waals surface area contributed by atoms with Crippen molar-refractivity contribution in [3.8, 4) is 0 Å². The van der Waals surface area contributed by atoms with Gasteiger partial charge >= 0.3 is 0 Å². The molecule has 0 bridgehead atoms. The van der Waals surface area contributed by atoms with Gasteiger partial charge in [-0.1, -0.05) is 5.16 Å². The molecule has 0 saturated carbocycles. The van der Waals surface area contributed by atoms with Gasteiger partial charge in [0.25, 0.3) is 0 Å². The molecule has 0 spiro atoms. The first kappa shape index (κ1) is 20.8. The van der Waals surface area contributed by atoms with E-state index in [2.05, 4.69) is 14.8 Å². The van der Waals surface area contributed by atoms with E-state index in [1.165, 1.54) is 12.1 Å². The van der Waals surface area contributed by atoms with Crippen LogP contribution in [0.25, 0.3) is 11.0 Å².